The molecule has 0 radical (unpaired) electrons. The van der Waals surface area contributed by atoms with Gasteiger partial charge in [0.05, 0.1) is 0 Å². The van der Waals surface area contributed by atoms with E-state index in [4.69, 9.17) is 0 Å². The molecule has 2 heteroatoms. The van der Waals surface area contributed by atoms with Gasteiger partial charge in [-0.25, -0.2) is 0 Å². The number of allylic oxidation sites excluding steroid dienone is 4. The average molecular weight is 153 g/mol. The van der Waals surface area contributed by atoms with E-state index in [2.05, 4.69) is 0 Å². The van der Waals surface area contributed by atoms with Gasteiger partial charge in [-0.2, -0.15) is 0 Å². The Hall–Kier alpha value is -1.05. The van der Waals surface area contributed by atoms with Crippen molar-refractivity contribution in [2.24, 2.45) is 0 Å². The molecular formula is C9H15NO. The maximum atomic E-state index is 10.0. The fraction of sp³-hybridized carbons (Fsp3) is 0.444. The highest BCUT2D eigenvalue weighted by Crippen LogP contribution is 2.02. The van der Waals surface area contributed by atoms with Gasteiger partial charge < -0.3 is 4.90 Å². The minimum Gasteiger partial charge on any atom is -0.381 e. The highest BCUT2D eigenvalue weighted by Gasteiger charge is 1.89. The van der Waals surface area contributed by atoms with E-state index < -0.39 is 0 Å². The monoisotopic (exact) mass is 153 g/mol. The molecule has 0 saturated heterocycles. The largest absolute Gasteiger partial charge is 0.381 e. The molecule has 0 amide bonds. The molecule has 0 unspecified atom stereocenters. The zero-order valence-corrected chi connectivity index (χ0v) is 7.59. The van der Waals surface area contributed by atoms with Crippen LogP contribution in [0.4, 0.5) is 0 Å². The molecule has 0 bridgehead atoms. The molecule has 0 N–H and O–H groups in total. The molecule has 0 aliphatic rings. The first-order chi connectivity index (χ1) is 5.07. The smallest absolute Gasteiger partial charge is 0.143 e. The molecule has 0 heterocycles. The maximum absolute atomic E-state index is 10.0. The van der Waals surface area contributed by atoms with Gasteiger partial charge in [-0.05, 0) is 31.6 Å². The second kappa shape index (κ2) is 4.72. The zero-order chi connectivity index (χ0) is 8.85. The highest BCUT2D eigenvalue weighted by atomic mass is 16.1. The van der Waals surface area contributed by atoms with Gasteiger partial charge in [-0.3, -0.25) is 4.79 Å². The van der Waals surface area contributed by atoms with Crippen molar-refractivity contribution >= 4 is 6.29 Å². The van der Waals surface area contributed by atoms with Crippen LogP contribution in [0, 0.1) is 0 Å². The number of hydrogen-bond acceptors (Lipinski definition) is 2. The summed E-state index contributed by atoms with van der Waals surface area (Å²) in [6.45, 7) is 3.91. The summed E-state index contributed by atoms with van der Waals surface area (Å²) < 4.78 is 0. The van der Waals surface area contributed by atoms with E-state index in [0.717, 1.165) is 17.6 Å². The summed E-state index contributed by atoms with van der Waals surface area (Å²) in [4.78, 5) is 12.0. The van der Waals surface area contributed by atoms with Crippen molar-refractivity contribution in [2.75, 3.05) is 14.1 Å². The lowest BCUT2D eigenvalue weighted by molar-refractivity contribution is -0.104. The summed E-state index contributed by atoms with van der Waals surface area (Å²) in [5, 5.41) is 0. The Morgan fingerprint density at radius 1 is 1.27 bits per heavy atom. The molecule has 0 spiro atoms. The second-order valence-corrected chi connectivity index (χ2v) is 2.73. The van der Waals surface area contributed by atoms with Crippen LogP contribution in [0.15, 0.2) is 23.4 Å². The predicted octanol–water partition coefficient (Wildman–Crippen LogP) is 1.60. The summed E-state index contributed by atoms with van der Waals surface area (Å²) in [5.41, 5.74) is 2.12. The van der Waals surface area contributed by atoms with Gasteiger partial charge >= 0.3 is 0 Å². The van der Waals surface area contributed by atoms with Crippen LogP contribution in [0.5, 0.6) is 0 Å². The Labute approximate surface area is 68.2 Å². The Bertz CT molecular complexity index is 190. The Morgan fingerprint density at radius 2 is 1.82 bits per heavy atom. The van der Waals surface area contributed by atoms with E-state index in [-0.39, 0.29) is 0 Å². The molecule has 0 aliphatic carbocycles. The van der Waals surface area contributed by atoms with Crippen LogP contribution >= 0.6 is 0 Å². The molecule has 0 aromatic rings. The van der Waals surface area contributed by atoms with Crippen molar-refractivity contribution < 1.29 is 4.79 Å². The topological polar surface area (TPSA) is 20.3 Å². The van der Waals surface area contributed by atoms with E-state index in [1.54, 1.807) is 6.08 Å². The summed E-state index contributed by atoms with van der Waals surface area (Å²) in [7, 11) is 3.94. The van der Waals surface area contributed by atoms with Gasteiger partial charge in [-0.1, -0.05) is 0 Å². The molecular weight excluding hydrogens is 138 g/mol. The summed E-state index contributed by atoms with van der Waals surface area (Å²) in [6, 6.07) is 0. The summed E-state index contributed by atoms with van der Waals surface area (Å²) in [5.74, 6) is 0. The number of hydrogen-bond donors (Lipinski definition) is 0. The van der Waals surface area contributed by atoms with Gasteiger partial charge in [-0.15, -0.1) is 0 Å². The molecule has 0 aliphatic heterocycles. The van der Waals surface area contributed by atoms with Gasteiger partial charge in [0.2, 0.25) is 0 Å². The molecule has 0 rings (SSSR count). The van der Waals surface area contributed by atoms with Crippen molar-refractivity contribution in [1.82, 2.24) is 4.90 Å². The standard InChI is InChI=1S/C9H15NO/c1-8(5-6-11)7-9(2)10(3)4/h5-7H,1-4H3/b8-5+,9-7+. The first-order valence-corrected chi connectivity index (χ1v) is 3.55. The molecule has 0 fully saturated rings. The lowest BCUT2D eigenvalue weighted by Gasteiger charge is -2.12. The lowest BCUT2D eigenvalue weighted by Crippen LogP contribution is -2.07. The Balaban J connectivity index is 4.30. The Morgan fingerprint density at radius 3 is 2.18 bits per heavy atom. The van der Waals surface area contributed by atoms with Crippen LogP contribution in [0.25, 0.3) is 0 Å². The van der Waals surface area contributed by atoms with E-state index in [9.17, 15) is 4.79 Å². The third kappa shape index (κ3) is 4.37. The van der Waals surface area contributed by atoms with Crippen LogP contribution in [-0.2, 0) is 4.79 Å². The first kappa shape index (κ1) is 9.95. The third-order valence-electron chi connectivity index (χ3n) is 1.47. The SMILES string of the molecule is CC(=C\C=O)/C=C(\C)N(C)C. The Kier molecular flexibility index (Phi) is 4.27. The van der Waals surface area contributed by atoms with Gasteiger partial charge in [0.25, 0.3) is 0 Å². The number of rotatable bonds is 3. The van der Waals surface area contributed by atoms with Crippen molar-refractivity contribution in [3.05, 3.63) is 23.4 Å². The van der Waals surface area contributed by atoms with E-state index in [0.29, 0.717) is 0 Å². The van der Waals surface area contributed by atoms with Crippen molar-refractivity contribution in [1.29, 1.82) is 0 Å². The van der Waals surface area contributed by atoms with Crippen molar-refractivity contribution in [2.45, 2.75) is 13.8 Å². The molecule has 0 aromatic heterocycles. The van der Waals surface area contributed by atoms with Crippen LogP contribution < -0.4 is 0 Å². The maximum Gasteiger partial charge on any atom is 0.143 e. The molecule has 0 atom stereocenters. The van der Waals surface area contributed by atoms with E-state index >= 15 is 0 Å². The van der Waals surface area contributed by atoms with Crippen LogP contribution in [-0.4, -0.2) is 25.3 Å². The van der Waals surface area contributed by atoms with Crippen LogP contribution in [0.2, 0.25) is 0 Å². The quantitative estimate of drug-likeness (QED) is 0.348. The minimum atomic E-state index is 0.800. The van der Waals surface area contributed by atoms with Crippen molar-refractivity contribution in [3.63, 3.8) is 0 Å². The fourth-order valence-electron chi connectivity index (χ4n) is 0.614. The minimum absolute atomic E-state index is 0.800. The summed E-state index contributed by atoms with van der Waals surface area (Å²) >= 11 is 0. The summed E-state index contributed by atoms with van der Waals surface area (Å²) in [6.07, 6.45) is 4.32. The lowest BCUT2D eigenvalue weighted by atomic mass is 10.2. The number of carbonyl (C=O) groups is 1. The highest BCUT2D eigenvalue weighted by molar-refractivity contribution is 5.66. The number of nitrogens with zero attached hydrogens (tertiary/aromatic N) is 1. The average Bonchev–Trinajstić information content (AvgIpc) is 1.87. The number of carbonyl (C=O) groups excluding carboxylic acids is 1. The third-order valence-corrected chi connectivity index (χ3v) is 1.47. The first-order valence-electron chi connectivity index (χ1n) is 3.55. The van der Waals surface area contributed by atoms with Gasteiger partial charge in [0.1, 0.15) is 6.29 Å². The van der Waals surface area contributed by atoms with E-state index in [1.807, 2.05) is 38.9 Å². The normalized spacial score (nSPS) is 13.1. The molecule has 0 aromatic carbocycles. The zero-order valence-electron chi connectivity index (χ0n) is 7.59. The molecule has 0 saturated carbocycles. The fourth-order valence-corrected chi connectivity index (χ4v) is 0.614. The predicted molar refractivity (Wildman–Crippen MR) is 47.3 cm³/mol. The molecule has 2 nitrogen and oxygen atoms in total. The molecule has 62 valence electrons. The van der Waals surface area contributed by atoms with Gasteiger partial charge in [0.15, 0.2) is 0 Å². The molecule has 11 heavy (non-hydrogen) atoms. The van der Waals surface area contributed by atoms with Gasteiger partial charge in [0, 0.05) is 19.8 Å². The van der Waals surface area contributed by atoms with Crippen LogP contribution in [0.3, 0.4) is 0 Å². The number of aldehydes is 1. The van der Waals surface area contributed by atoms with Crippen molar-refractivity contribution in [3.8, 4) is 0 Å². The van der Waals surface area contributed by atoms with Crippen LogP contribution in [0.1, 0.15) is 13.8 Å². The van der Waals surface area contributed by atoms with E-state index in [1.165, 1.54) is 0 Å². The second-order valence-electron chi connectivity index (χ2n) is 2.73.